The molecule has 16 heavy (non-hydrogen) atoms. The van der Waals surface area contributed by atoms with E-state index in [1.807, 2.05) is 0 Å². The Labute approximate surface area is 107 Å². The van der Waals surface area contributed by atoms with Gasteiger partial charge in [-0.15, -0.1) is 0 Å². The predicted molar refractivity (Wildman–Crippen MR) is 73.9 cm³/mol. The molecule has 0 bridgehead atoms. The van der Waals surface area contributed by atoms with Gasteiger partial charge in [0.1, 0.15) is 0 Å². The van der Waals surface area contributed by atoms with E-state index in [-0.39, 0.29) is 0 Å². The van der Waals surface area contributed by atoms with Crippen LogP contribution in [0.2, 0.25) is 0 Å². The molecule has 0 aromatic heterocycles. The van der Waals surface area contributed by atoms with E-state index >= 15 is 0 Å². The van der Waals surface area contributed by atoms with Gasteiger partial charge in [0, 0.05) is 16.2 Å². The van der Waals surface area contributed by atoms with Crippen molar-refractivity contribution in [1.29, 1.82) is 0 Å². The highest BCUT2D eigenvalue weighted by Gasteiger charge is 2.11. The number of para-hydroxylation sites is 1. The summed E-state index contributed by atoms with van der Waals surface area (Å²) in [4.78, 5) is 0. The smallest absolute Gasteiger partial charge is 0.0486 e. The maximum atomic E-state index is 3.67. The molecule has 0 spiro atoms. The van der Waals surface area contributed by atoms with Gasteiger partial charge in [-0.1, -0.05) is 44.2 Å². The van der Waals surface area contributed by atoms with Crippen LogP contribution < -0.4 is 5.32 Å². The predicted octanol–water partition coefficient (Wildman–Crippen LogP) is 4.97. The summed E-state index contributed by atoms with van der Waals surface area (Å²) in [6.45, 7) is 0. The molecule has 0 amide bonds. The van der Waals surface area contributed by atoms with E-state index in [0.717, 1.165) is 0 Å². The first-order valence-electron chi connectivity index (χ1n) is 6.37. The number of rotatable bonds is 2. The molecule has 0 heterocycles. The number of nitrogens with one attached hydrogen (secondary N) is 1. The Morgan fingerprint density at radius 2 is 1.56 bits per heavy atom. The second kappa shape index (κ2) is 6.29. The summed E-state index contributed by atoms with van der Waals surface area (Å²) >= 11 is 3.60. The van der Waals surface area contributed by atoms with E-state index in [4.69, 9.17) is 0 Å². The zero-order valence-corrected chi connectivity index (χ0v) is 11.3. The number of anilines is 1. The number of halogens is 1. The van der Waals surface area contributed by atoms with Crippen LogP contribution in [0, 0.1) is 0 Å². The Morgan fingerprint density at radius 3 is 2.25 bits per heavy atom. The average molecular weight is 282 g/mol. The Bertz CT molecular complexity index is 316. The molecule has 1 aromatic carbocycles. The topological polar surface area (TPSA) is 12.0 Å². The zero-order valence-electron chi connectivity index (χ0n) is 9.71. The number of benzene rings is 1. The quantitative estimate of drug-likeness (QED) is 0.807. The van der Waals surface area contributed by atoms with Gasteiger partial charge in [-0.05, 0) is 40.9 Å². The second-order valence-electron chi connectivity index (χ2n) is 4.67. The summed E-state index contributed by atoms with van der Waals surface area (Å²) in [7, 11) is 0. The summed E-state index contributed by atoms with van der Waals surface area (Å²) in [6.07, 6.45) is 9.65. The van der Waals surface area contributed by atoms with E-state index in [1.165, 1.54) is 55.1 Å². The Morgan fingerprint density at radius 1 is 0.938 bits per heavy atom. The highest BCUT2D eigenvalue weighted by molar-refractivity contribution is 9.10. The van der Waals surface area contributed by atoms with Crippen molar-refractivity contribution in [1.82, 2.24) is 0 Å². The molecule has 1 aliphatic carbocycles. The van der Waals surface area contributed by atoms with Gasteiger partial charge in [0.25, 0.3) is 0 Å². The Kier molecular flexibility index (Phi) is 4.70. The molecule has 1 fully saturated rings. The lowest BCUT2D eigenvalue weighted by Crippen LogP contribution is -2.20. The summed E-state index contributed by atoms with van der Waals surface area (Å²) in [6, 6.07) is 9.08. The summed E-state index contributed by atoms with van der Waals surface area (Å²) < 4.78 is 1.18. The van der Waals surface area contributed by atoms with Crippen molar-refractivity contribution < 1.29 is 0 Å². The minimum Gasteiger partial charge on any atom is -0.381 e. The summed E-state index contributed by atoms with van der Waals surface area (Å²) in [5.74, 6) is 0. The third-order valence-corrected chi connectivity index (χ3v) is 4.03. The third kappa shape index (κ3) is 3.51. The largest absolute Gasteiger partial charge is 0.381 e. The van der Waals surface area contributed by atoms with Gasteiger partial charge in [-0.2, -0.15) is 0 Å². The first-order valence-corrected chi connectivity index (χ1v) is 7.16. The normalized spacial score (nSPS) is 18.8. The van der Waals surface area contributed by atoms with E-state index in [9.17, 15) is 0 Å². The molecule has 1 nitrogen and oxygen atoms in total. The van der Waals surface area contributed by atoms with Crippen LogP contribution in [0.25, 0.3) is 0 Å². The Balaban J connectivity index is 1.94. The van der Waals surface area contributed by atoms with Crippen molar-refractivity contribution in [3.05, 3.63) is 28.7 Å². The summed E-state index contributed by atoms with van der Waals surface area (Å²) in [5.41, 5.74) is 1.24. The number of hydrogen-bond acceptors (Lipinski definition) is 1. The molecule has 1 aromatic rings. The molecular formula is C14H20BrN. The van der Waals surface area contributed by atoms with Crippen LogP contribution in [0.15, 0.2) is 28.7 Å². The van der Waals surface area contributed by atoms with Gasteiger partial charge in [-0.25, -0.2) is 0 Å². The van der Waals surface area contributed by atoms with Crippen molar-refractivity contribution >= 4 is 21.6 Å². The van der Waals surface area contributed by atoms with Crippen LogP contribution >= 0.6 is 15.9 Å². The van der Waals surface area contributed by atoms with E-state index < -0.39 is 0 Å². The maximum Gasteiger partial charge on any atom is 0.0486 e. The van der Waals surface area contributed by atoms with Gasteiger partial charge < -0.3 is 5.32 Å². The van der Waals surface area contributed by atoms with E-state index in [2.05, 4.69) is 45.5 Å². The molecular weight excluding hydrogens is 262 g/mol. The fourth-order valence-corrected chi connectivity index (χ4v) is 2.80. The first-order chi connectivity index (χ1) is 7.86. The molecule has 2 heteroatoms. The molecule has 1 N–H and O–H groups in total. The van der Waals surface area contributed by atoms with Crippen molar-refractivity contribution in [2.45, 2.75) is 51.0 Å². The highest BCUT2D eigenvalue weighted by atomic mass is 79.9. The van der Waals surface area contributed by atoms with Crippen LogP contribution in [0.5, 0.6) is 0 Å². The standard InChI is InChI=1S/C14H20BrN/c15-13-10-6-7-11-14(13)16-12-8-4-2-1-3-5-9-12/h6-7,10-12,16H,1-5,8-9H2. The van der Waals surface area contributed by atoms with Crippen LogP contribution in [0.1, 0.15) is 44.9 Å². The molecule has 0 aliphatic heterocycles. The molecule has 1 aliphatic rings. The van der Waals surface area contributed by atoms with Crippen molar-refractivity contribution in [2.75, 3.05) is 5.32 Å². The van der Waals surface area contributed by atoms with Gasteiger partial charge in [0.15, 0.2) is 0 Å². The number of hydrogen-bond donors (Lipinski definition) is 1. The molecule has 2 rings (SSSR count). The third-order valence-electron chi connectivity index (χ3n) is 3.34. The first kappa shape index (κ1) is 12.0. The SMILES string of the molecule is Brc1ccccc1NC1CCCCCCC1. The van der Waals surface area contributed by atoms with Crippen molar-refractivity contribution in [3.8, 4) is 0 Å². The molecule has 0 unspecified atom stereocenters. The highest BCUT2D eigenvalue weighted by Crippen LogP contribution is 2.25. The monoisotopic (exact) mass is 281 g/mol. The van der Waals surface area contributed by atoms with Crippen molar-refractivity contribution in [2.24, 2.45) is 0 Å². The zero-order chi connectivity index (χ0) is 11.2. The fourth-order valence-electron chi connectivity index (χ4n) is 2.40. The summed E-state index contributed by atoms with van der Waals surface area (Å²) in [5, 5.41) is 3.67. The van der Waals surface area contributed by atoms with Gasteiger partial charge in [0.2, 0.25) is 0 Å². The lowest BCUT2D eigenvalue weighted by atomic mass is 9.96. The second-order valence-corrected chi connectivity index (χ2v) is 5.52. The lowest BCUT2D eigenvalue weighted by Gasteiger charge is -2.22. The van der Waals surface area contributed by atoms with E-state index in [0.29, 0.717) is 6.04 Å². The van der Waals surface area contributed by atoms with Crippen molar-refractivity contribution in [3.63, 3.8) is 0 Å². The van der Waals surface area contributed by atoms with Crippen LogP contribution in [-0.2, 0) is 0 Å². The maximum absolute atomic E-state index is 3.67. The van der Waals surface area contributed by atoms with Gasteiger partial charge >= 0.3 is 0 Å². The Hall–Kier alpha value is -0.500. The molecule has 0 atom stereocenters. The average Bonchev–Trinajstić information content (AvgIpc) is 2.24. The minimum atomic E-state index is 0.666. The fraction of sp³-hybridized carbons (Fsp3) is 0.571. The molecule has 88 valence electrons. The van der Waals surface area contributed by atoms with Crippen LogP contribution in [-0.4, -0.2) is 6.04 Å². The van der Waals surface area contributed by atoms with Gasteiger partial charge in [-0.3, -0.25) is 0 Å². The van der Waals surface area contributed by atoms with E-state index in [1.54, 1.807) is 0 Å². The van der Waals surface area contributed by atoms with Gasteiger partial charge in [0.05, 0.1) is 0 Å². The van der Waals surface area contributed by atoms with Crippen LogP contribution in [0.4, 0.5) is 5.69 Å². The molecule has 1 saturated carbocycles. The molecule has 0 saturated heterocycles. The lowest BCUT2D eigenvalue weighted by molar-refractivity contribution is 0.471. The van der Waals surface area contributed by atoms with Crippen LogP contribution in [0.3, 0.4) is 0 Å². The minimum absolute atomic E-state index is 0.666. The molecule has 0 radical (unpaired) electrons.